The van der Waals surface area contributed by atoms with Crippen LogP contribution in [0.1, 0.15) is 5.76 Å². The first-order valence-electron chi connectivity index (χ1n) is 5.19. The van der Waals surface area contributed by atoms with E-state index in [2.05, 4.69) is 0 Å². The van der Waals surface area contributed by atoms with Gasteiger partial charge in [0.2, 0.25) is 0 Å². The van der Waals surface area contributed by atoms with Crippen LogP contribution in [-0.4, -0.2) is 7.11 Å². The molecule has 0 aliphatic heterocycles. The van der Waals surface area contributed by atoms with Crippen molar-refractivity contribution in [1.29, 1.82) is 0 Å². The van der Waals surface area contributed by atoms with Gasteiger partial charge >= 0.3 is 0 Å². The van der Waals surface area contributed by atoms with E-state index in [4.69, 9.17) is 25.8 Å². The largest absolute Gasteiger partial charge is 0.495 e. The lowest BCUT2D eigenvalue weighted by atomic mass is 10.1. The summed E-state index contributed by atoms with van der Waals surface area (Å²) in [5.41, 5.74) is 1.42. The van der Waals surface area contributed by atoms with Crippen molar-refractivity contribution in [3.8, 4) is 5.75 Å². The maximum Gasteiger partial charge on any atom is 0.143 e. The molecule has 0 N–H and O–H groups in total. The molecule has 86 valence electrons. The van der Waals surface area contributed by atoms with Crippen LogP contribution in [0.3, 0.4) is 0 Å². The van der Waals surface area contributed by atoms with Gasteiger partial charge in [0.15, 0.2) is 0 Å². The quantitative estimate of drug-likeness (QED) is 0.602. The minimum atomic E-state index is 0.689. The standard InChI is InChI=1S/C13H10O3S/c1-7-5-11(17)12-10(16-7)6-9-8(3-4-15-9)13(12)14-2/h3-6H,1-2H3. The van der Waals surface area contributed by atoms with Crippen LogP contribution in [0, 0.1) is 11.4 Å². The third kappa shape index (κ3) is 1.45. The Balaban J connectivity index is 2.63. The van der Waals surface area contributed by atoms with Crippen LogP contribution in [0.15, 0.2) is 33.3 Å². The lowest BCUT2D eigenvalue weighted by molar-refractivity contribution is 0.423. The average Bonchev–Trinajstić information content (AvgIpc) is 2.73. The SMILES string of the molecule is COc1c2ccoc2cc2oc(C)cc(=S)c12. The second-order valence-corrected chi connectivity index (χ2v) is 4.28. The van der Waals surface area contributed by atoms with E-state index >= 15 is 0 Å². The van der Waals surface area contributed by atoms with Crippen molar-refractivity contribution in [2.45, 2.75) is 6.92 Å². The number of ether oxygens (including phenoxy) is 1. The van der Waals surface area contributed by atoms with Crippen molar-refractivity contribution in [2.75, 3.05) is 7.11 Å². The number of methoxy groups -OCH3 is 1. The molecule has 0 fully saturated rings. The van der Waals surface area contributed by atoms with Gasteiger partial charge in [-0.2, -0.15) is 0 Å². The summed E-state index contributed by atoms with van der Waals surface area (Å²) in [4.78, 5) is 0. The second-order valence-electron chi connectivity index (χ2n) is 3.84. The van der Waals surface area contributed by atoms with E-state index < -0.39 is 0 Å². The summed E-state index contributed by atoms with van der Waals surface area (Å²) in [5, 5.41) is 1.73. The minimum absolute atomic E-state index is 0.689. The number of benzene rings is 1. The molecule has 3 nitrogen and oxygen atoms in total. The predicted octanol–water partition coefficient (Wildman–Crippen LogP) is 4.23. The van der Waals surface area contributed by atoms with Gasteiger partial charge in [-0.15, -0.1) is 0 Å². The summed E-state index contributed by atoms with van der Waals surface area (Å²) in [5.74, 6) is 1.48. The van der Waals surface area contributed by atoms with Gasteiger partial charge in [0.1, 0.15) is 22.7 Å². The van der Waals surface area contributed by atoms with Crippen molar-refractivity contribution in [1.82, 2.24) is 0 Å². The molecular weight excluding hydrogens is 236 g/mol. The monoisotopic (exact) mass is 246 g/mol. The first-order valence-corrected chi connectivity index (χ1v) is 5.60. The molecule has 1 aromatic carbocycles. The highest BCUT2D eigenvalue weighted by Gasteiger charge is 2.13. The molecule has 3 rings (SSSR count). The fourth-order valence-electron chi connectivity index (χ4n) is 2.04. The highest BCUT2D eigenvalue weighted by Crippen LogP contribution is 2.36. The van der Waals surface area contributed by atoms with Gasteiger partial charge in [0, 0.05) is 6.07 Å². The third-order valence-corrected chi connectivity index (χ3v) is 3.05. The summed E-state index contributed by atoms with van der Waals surface area (Å²) < 4.78 is 17.2. The van der Waals surface area contributed by atoms with Gasteiger partial charge in [-0.25, -0.2) is 0 Å². The van der Waals surface area contributed by atoms with Gasteiger partial charge in [-0.3, -0.25) is 0 Å². The van der Waals surface area contributed by atoms with E-state index in [0.717, 1.165) is 26.6 Å². The molecular formula is C13H10O3S. The van der Waals surface area contributed by atoms with E-state index in [1.165, 1.54) is 0 Å². The summed E-state index contributed by atoms with van der Waals surface area (Å²) in [6.45, 7) is 1.87. The van der Waals surface area contributed by atoms with Crippen molar-refractivity contribution in [2.24, 2.45) is 0 Å². The molecule has 3 aromatic rings. The van der Waals surface area contributed by atoms with Crippen molar-refractivity contribution < 1.29 is 13.6 Å². The highest BCUT2D eigenvalue weighted by atomic mass is 32.1. The van der Waals surface area contributed by atoms with Gasteiger partial charge in [-0.1, -0.05) is 12.2 Å². The number of fused-ring (bicyclic) bond motifs is 2. The van der Waals surface area contributed by atoms with Crippen LogP contribution in [0.2, 0.25) is 0 Å². The topological polar surface area (TPSA) is 35.5 Å². The zero-order valence-electron chi connectivity index (χ0n) is 9.44. The summed E-state index contributed by atoms with van der Waals surface area (Å²) in [6, 6.07) is 5.53. The van der Waals surface area contributed by atoms with Crippen LogP contribution in [0.5, 0.6) is 5.75 Å². The Bertz CT molecular complexity index is 767. The number of hydrogen-bond donors (Lipinski definition) is 0. The number of aryl methyl sites for hydroxylation is 1. The van der Waals surface area contributed by atoms with Crippen LogP contribution >= 0.6 is 12.2 Å². The molecule has 2 aromatic heterocycles. The number of furan rings is 1. The maximum absolute atomic E-state index is 5.66. The predicted molar refractivity (Wildman–Crippen MR) is 68.1 cm³/mol. The summed E-state index contributed by atoms with van der Waals surface area (Å²) in [7, 11) is 1.62. The molecule has 17 heavy (non-hydrogen) atoms. The molecule has 4 heteroatoms. The third-order valence-electron chi connectivity index (χ3n) is 2.73. The number of rotatable bonds is 1. The van der Waals surface area contributed by atoms with Gasteiger partial charge in [-0.05, 0) is 19.1 Å². The van der Waals surface area contributed by atoms with Gasteiger partial charge in [0.05, 0.1) is 28.7 Å². The van der Waals surface area contributed by atoms with Crippen molar-refractivity contribution in [3.63, 3.8) is 0 Å². The van der Waals surface area contributed by atoms with Crippen LogP contribution in [0.25, 0.3) is 21.9 Å². The van der Waals surface area contributed by atoms with E-state index in [1.807, 2.05) is 25.1 Å². The van der Waals surface area contributed by atoms with Crippen LogP contribution < -0.4 is 4.74 Å². The maximum atomic E-state index is 5.66. The molecule has 0 atom stereocenters. The first kappa shape index (κ1) is 10.4. The molecule has 0 unspecified atom stereocenters. The second kappa shape index (κ2) is 3.60. The van der Waals surface area contributed by atoms with E-state index in [-0.39, 0.29) is 0 Å². The smallest absolute Gasteiger partial charge is 0.143 e. The molecule has 0 aliphatic carbocycles. The Morgan fingerprint density at radius 1 is 1.24 bits per heavy atom. The van der Waals surface area contributed by atoms with Crippen LogP contribution in [-0.2, 0) is 0 Å². The Kier molecular flexibility index (Phi) is 2.19. The molecule has 0 aliphatic rings. The Hall–Kier alpha value is -1.81. The fourth-order valence-corrected chi connectivity index (χ4v) is 2.40. The molecule has 0 saturated heterocycles. The average molecular weight is 246 g/mol. The van der Waals surface area contributed by atoms with Crippen molar-refractivity contribution in [3.05, 3.63) is 34.7 Å². The van der Waals surface area contributed by atoms with Gasteiger partial charge < -0.3 is 13.6 Å². The molecule has 2 heterocycles. The summed E-state index contributed by atoms with van der Waals surface area (Å²) >= 11 is 5.36. The first-order chi connectivity index (χ1) is 8.20. The van der Waals surface area contributed by atoms with E-state index in [1.54, 1.807) is 13.4 Å². The van der Waals surface area contributed by atoms with Crippen LogP contribution in [0.4, 0.5) is 0 Å². The summed E-state index contributed by atoms with van der Waals surface area (Å²) in [6.07, 6.45) is 1.63. The van der Waals surface area contributed by atoms with Crippen molar-refractivity contribution >= 4 is 34.2 Å². The number of hydrogen-bond acceptors (Lipinski definition) is 4. The molecule has 0 amide bonds. The Morgan fingerprint density at radius 3 is 2.82 bits per heavy atom. The van der Waals surface area contributed by atoms with Gasteiger partial charge in [0.25, 0.3) is 0 Å². The van der Waals surface area contributed by atoms with E-state index in [9.17, 15) is 0 Å². The van der Waals surface area contributed by atoms with E-state index in [0.29, 0.717) is 11.3 Å². The fraction of sp³-hybridized carbons (Fsp3) is 0.154. The lowest BCUT2D eigenvalue weighted by Gasteiger charge is -2.07. The highest BCUT2D eigenvalue weighted by molar-refractivity contribution is 7.71. The molecule has 0 radical (unpaired) electrons. The zero-order chi connectivity index (χ0) is 12.0. The Labute approximate surface area is 103 Å². The lowest BCUT2D eigenvalue weighted by Crippen LogP contribution is -1.87. The minimum Gasteiger partial charge on any atom is -0.495 e. The normalized spacial score (nSPS) is 11.2. The molecule has 0 saturated carbocycles. The molecule has 0 bridgehead atoms. The Morgan fingerprint density at radius 2 is 2.06 bits per heavy atom. The zero-order valence-corrected chi connectivity index (χ0v) is 10.3. The molecule has 0 spiro atoms.